The van der Waals surface area contributed by atoms with Crippen LogP contribution in [0.25, 0.3) is 11.2 Å². The van der Waals surface area contributed by atoms with Crippen molar-refractivity contribution >= 4 is 55.9 Å². The van der Waals surface area contributed by atoms with Gasteiger partial charge >= 0.3 is 15.4 Å². The number of nitrogen functional groups attached to an aromatic ring is 1. The topological polar surface area (TPSA) is 158 Å². The zero-order valence-corrected chi connectivity index (χ0v) is 18.0. The molecule has 0 aliphatic carbocycles. The lowest BCUT2D eigenvalue weighted by Crippen LogP contribution is -2.40. The van der Waals surface area contributed by atoms with Crippen LogP contribution in [-0.2, 0) is 13.8 Å². The predicted molar refractivity (Wildman–Crippen MR) is 114 cm³/mol. The van der Waals surface area contributed by atoms with Crippen LogP contribution in [0.15, 0.2) is 39.1 Å². The Morgan fingerprint density at radius 2 is 2.10 bits per heavy atom. The predicted octanol–water partition coefficient (Wildman–Crippen LogP) is 1.02. The number of aliphatic hydroxyl groups is 1. The van der Waals surface area contributed by atoms with E-state index in [-0.39, 0.29) is 23.7 Å². The average Bonchev–Trinajstić information content (AvgIpc) is 3.20. The van der Waals surface area contributed by atoms with Gasteiger partial charge in [-0.05, 0) is 24.3 Å². The summed E-state index contributed by atoms with van der Waals surface area (Å²) in [5, 5.41) is 11.8. The molecule has 0 spiro atoms. The third kappa shape index (κ3) is 3.85. The summed E-state index contributed by atoms with van der Waals surface area (Å²) in [6.45, 7) is -0.0680. The monoisotopic (exact) mass is 482 g/mol. The molecular formula is C16H15BClN5O6PS+. The molecule has 2 fully saturated rings. The highest BCUT2D eigenvalue weighted by atomic mass is 35.5. The molecule has 5 rings (SSSR count). The Morgan fingerprint density at radius 3 is 2.84 bits per heavy atom. The molecule has 15 heteroatoms. The molecule has 1 aromatic carbocycles. The number of ether oxygens (including phenoxy) is 1. The first-order valence-corrected chi connectivity index (χ1v) is 11.8. The van der Waals surface area contributed by atoms with E-state index >= 15 is 0 Å². The van der Waals surface area contributed by atoms with Gasteiger partial charge in [0.1, 0.15) is 18.8 Å². The van der Waals surface area contributed by atoms with E-state index in [2.05, 4.69) is 15.0 Å². The minimum Gasteiger partial charge on any atom is -0.385 e. The molecule has 3 aromatic rings. The molecule has 5 atom stereocenters. The maximum atomic E-state index is 12.4. The zero-order chi connectivity index (χ0) is 21.9. The number of H-pyrrole nitrogens is 1. The molecule has 1 unspecified atom stereocenters. The Labute approximate surface area is 185 Å². The number of nitrogens with one attached hydrogen (secondary N) is 1. The highest BCUT2D eigenvalue weighted by Gasteiger charge is 2.57. The Balaban J connectivity index is 1.61. The summed E-state index contributed by atoms with van der Waals surface area (Å²) < 4.78 is 17.9. The first-order valence-electron chi connectivity index (χ1n) is 9.00. The van der Waals surface area contributed by atoms with Gasteiger partial charge in [-0.2, -0.15) is 14.0 Å². The number of nitrogens with two attached hydrogens (primary N) is 1. The first-order chi connectivity index (χ1) is 14.7. The molecule has 11 nitrogen and oxygen atoms in total. The zero-order valence-electron chi connectivity index (χ0n) is 15.6. The minimum absolute atomic E-state index is 0.0244. The van der Waals surface area contributed by atoms with Crippen LogP contribution in [0.4, 0.5) is 5.95 Å². The Bertz CT molecular complexity index is 1210. The maximum Gasteiger partial charge on any atom is 0.488 e. The highest BCUT2D eigenvalue weighted by Crippen LogP contribution is 2.58. The summed E-state index contributed by atoms with van der Waals surface area (Å²) in [6.07, 6.45) is -3.94. The molecule has 2 saturated heterocycles. The average molecular weight is 483 g/mol. The molecule has 2 aliphatic rings. The number of aliphatic hydroxyl groups excluding tert-OH is 1. The number of anilines is 1. The van der Waals surface area contributed by atoms with Gasteiger partial charge in [0.15, 0.2) is 28.7 Å². The van der Waals surface area contributed by atoms with Crippen LogP contribution >= 0.6 is 31.2 Å². The lowest BCUT2D eigenvalue weighted by atomic mass is 10.1. The number of rotatable bonds is 3. The number of aromatic nitrogens is 4. The second-order valence-corrected chi connectivity index (χ2v) is 10.0. The minimum atomic E-state index is -3.56. The Hall–Kier alpha value is -1.70. The van der Waals surface area contributed by atoms with E-state index in [1.165, 1.54) is 16.3 Å². The summed E-state index contributed by atoms with van der Waals surface area (Å²) in [5.74, 6) is -0.117. The van der Waals surface area contributed by atoms with Crippen LogP contribution in [-0.4, -0.2) is 62.0 Å². The fourth-order valence-electron chi connectivity index (χ4n) is 3.47. The number of nitrogens with zero attached hydrogens (tertiary/aromatic N) is 3. The van der Waals surface area contributed by atoms with E-state index in [0.29, 0.717) is 10.2 Å². The summed E-state index contributed by atoms with van der Waals surface area (Å²) >= 11 is 7.17. The fourth-order valence-corrected chi connectivity index (χ4v) is 5.54. The van der Waals surface area contributed by atoms with Gasteiger partial charge in [0.05, 0.1) is 0 Å². The van der Waals surface area contributed by atoms with E-state index in [1.54, 1.807) is 24.3 Å². The normalized spacial score (nSPS) is 30.5. The van der Waals surface area contributed by atoms with E-state index < -0.39 is 37.9 Å². The summed E-state index contributed by atoms with van der Waals surface area (Å²) in [7, 11) is 2.03. The van der Waals surface area contributed by atoms with E-state index in [4.69, 9.17) is 38.7 Å². The second-order valence-electron chi connectivity index (χ2n) is 6.93. The molecule has 2 aliphatic heterocycles. The molecule has 2 aromatic heterocycles. The smallest absolute Gasteiger partial charge is 0.385 e. The van der Waals surface area contributed by atoms with Gasteiger partial charge in [-0.3, -0.25) is 14.3 Å². The number of benzene rings is 1. The van der Waals surface area contributed by atoms with E-state index in [1.807, 2.05) is 0 Å². The number of aromatic amines is 1. The molecule has 31 heavy (non-hydrogen) atoms. The molecule has 2 radical (unpaired) electrons. The lowest BCUT2D eigenvalue weighted by Gasteiger charge is -2.27. The fraction of sp³-hybridized carbons (Fsp3) is 0.312. The van der Waals surface area contributed by atoms with Crippen molar-refractivity contribution in [3.05, 3.63) is 39.6 Å². The number of hydrogen-bond donors (Lipinski definition) is 4. The maximum absolute atomic E-state index is 12.4. The largest absolute Gasteiger partial charge is 0.488 e. The van der Waals surface area contributed by atoms with Crippen LogP contribution in [0.2, 0.25) is 5.02 Å². The van der Waals surface area contributed by atoms with Crippen LogP contribution in [0.3, 0.4) is 0 Å². The van der Waals surface area contributed by atoms with Crippen molar-refractivity contribution in [3.8, 4) is 0 Å². The number of halogens is 1. The SMILES string of the molecule is [B][P+]1(O)OC[C@H]2O[C@@H](n3c(Sc4ccc(Cl)cc4)nc4c(=O)[nH]c(N)nc43)[C@@H](O)[C@H]2O1. The summed E-state index contributed by atoms with van der Waals surface area (Å²) in [6, 6.07) is 6.99. The highest BCUT2D eigenvalue weighted by molar-refractivity contribution is 7.99. The van der Waals surface area contributed by atoms with Crippen molar-refractivity contribution in [1.29, 1.82) is 0 Å². The van der Waals surface area contributed by atoms with Crippen molar-refractivity contribution in [2.75, 3.05) is 12.3 Å². The first kappa shape index (κ1) is 21.2. The molecule has 160 valence electrons. The Morgan fingerprint density at radius 1 is 1.35 bits per heavy atom. The molecule has 0 amide bonds. The second kappa shape index (κ2) is 7.71. The third-order valence-electron chi connectivity index (χ3n) is 4.82. The van der Waals surface area contributed by atoms with Gasteiger partial charge in [-0.15, -0.1) is 0 Å². The van der Waals surface area contributed by atoms with Crippen molar-refractivity contribution < 1.29 is 23.8 Å². The number of imidazole rings is 1. The van der Waals surface area contributed by atoms with Crippen LogP contribution in [0.1, 0.15) is 6.23 Å². The summed E-state index contributed by atoms with van der Waals surface area (Å²) in [4.78, 5) is 34.1. The van der Waals surface area contributed by atoms with Crippen LogP contribution < -0.4 is 11.3 Å². The number of fused-ring (bicyclic) bond motifs is 2. The van der Waals surface area contributed by atoms with E-state index in [0.717, 1.165) is 4.90 Å². The van der Waals surface area contributed by atoms with Crippen LogP contribution in [0.5, 0.6) is 0 Å². The quantitative estimate of drug-likeness (QED) is 0.314. The van der Waals surface area contributed by atoms with Crippen molar-refractivity contribution in [2.24, 2.45) is 0 Å². The van der Waals surface area contributed by atoms with Gasteiger partial charge in [0, 0.05) is 9.92 Å². The van der Waals surface area contributed by atoms with Crippen molar-refractivity contribution in [2.45, 2.75) is 34.6 Å². The van der Waals surface area contributed by atoms with Crippen LogP contribution in [0, 0.1) is 0 Å². The van der Waals surface area contributed by atoms with Crippen molar-refractivity contribution in [3.63, 3.8) is 0 Å². The standard InChI is InChI=1S/C16H15BClN5O6PS/c17-30(26)27-5-8-11(29-30)10(24)14(28-8)23-12-9(13(25)22-15(19)21-12)20-16(23)31-7-3-1-6(18)2-4-7/h1-4,8,10-11,14,24,26H,5H2,(H3,19,21,22,25)/q+1/t8-,10+,11+,14-,30?/m1/s1. The molecule has 4 heterocycles. The Kier molecular flexibility index (Phi) is 5.27. The van der Waals surface area contributed by atoms with Gasteiger partial charge < -0.3 is 15.6 Å². The van der Waals surface area contributed by atoms with Gasteiger partial charge in [0.2, 0.25) is 5.95 Å². The lowest BCUT2D eigenvalue weighted by molar-refractivity contribution is -0.0628. The van der Waals surface area contributed by atoms with Gasteiger partial charge in [-0.25, -0.2) is 9.88 Å². The molecule has 0 bridgehead atoms. The molecule has 5 N–H and O–H groups in total. The molecule has 0 saturated carbocycles. The van der Waals surface area contributed by atoms with E-state index in [9.17, 15) is 14.8 Å². The summed E-state index contributed by atoms with van der Waals surface area (Å²) in [5.41, 5.74) is 5.35. The van der Waals surface area contributed by atoms with Gasteiger partial charge in [-0.1, -0.05) is 23.4 Å². The van der Waals surface area contributed by atoms with Gasteiger partial charge in [0.25, 0.3) is 5.56 Å². The number of hydrogen-bond acceptors (Lipinski definition) is 10. The van der Waals surface area contributed by atoms with Crippen molar-refractivity contribution in [1.82, 2.24) is 19.5 Å². The third-order valence-corrected chi connectivity index (χ3v) is 7.11. The molecular weight excluding hydrogens is 468 g/mol.